The molecule has 3 rings (SSSR count). The van der Waals surface area contributed by atoms with Crippen molar-refractivity contribution in [3.05, 3.63) is 58.9 Å². The molecule has 27 heavy (non-hydrogen) atoms. The lowest BCUT2D eigenvalue weighted by Gasteiger charge is -2.14. The Balaban J connectivity index is 1.74. The second-order valence-electron chi connectivity index (χ2n) is 5.75. The van der Waals surface area contributed by atoms with Gasteiger partial charge in [-0.3, -0.25) is 4.79 Å². The predicted octanol–water partition coefficient (Wildman–Crippen LogP) is 3.68. The fourth-order valence-electron chi connectivity index (χ4n) is 2.50. The number of hydrogen-bond acceptors (Lipinski definition) is 6. The summed E-state index contributed by atoms with van der Waals surface area (Å²) in [5, 5.41) is 4.55. The minimum absolute atomic E-state index is 0.169. The van der Waals surface area contributed by atoms with E-state index in [2.05, 4.69) is 10.1 Å². The van der Waals surface area contributed by atoms with Crippen LogP contribution in [0.2, 0.25) is 5.02 Å². The van der Waals surface area contributed by atoms with E-state index in [1.807, 2.05) is 0 Å². The smallest absolute Gasteiger partial charge is 0.254 e. The first-order valence-corrected chi connectivity index (χ1v) is 8.45. The zero-order chi connectivity index (χ0) is 19.4. The monoisotopic (exact) mass is 387 g/mol. The van der Waals surface area contributed by atoms with E-state index in [-0.39, 0.29) is 12.5 Å². The van der Waals surface area contributed by atoms with Crippen LogP contribution in [-0.2, 0) is 6.54 Å². The van der Waals surface area contributed by atoms with Gasteiger partial charge < -0.3 is 18.9 Å². The maximum atomic E-state index is 12.5. The predicted molar refractivity (Wildman–Crippen MR) is 100 cm³/mol. The number of ether oxygens (including phenoxy) is 2. The molecule has 0 bridgehead atoms. The van der Waals surface area contributed by atoms with E-state index < -0.39 is 0 Å². The van der Waals surface area contributed by atoms with Gasteiger partial charge in [0.05, 0.1) is 20.8 Å². The molecule has 0 N–H and O–H groups in total. The highest BCUT2D eigenvalue weighted by Gasteiger charge is 2.17. The summed E-state index contributed by atoms with van der Waals surface area (Å²) in [7, 11) is 4.79. The number of carbonyl (C=O) groups is 1. The number of rotatable bonds is 6. The number of benzene rings is 2. The van der Waals surface area contributed by atoms with Crippen LogP contribution < -0.4 is 9.47 Å². The third-order valence-corrected chi connectivity index (χ3v) is 4.17. The fourth-order valence-corrected chi connectivity index (χ4v) is 2.63. The average molecular weight is 388 g/mol. The lowest BCUT2D eigenvalue weighted by atomic mass is 10.2. The standard InChI is InChI=1S/C19H18ClN3O4/c1-23(19(24)12-4-7-14(20)8-5-12)11-17-21-18(22-27-17)13-6-9-15(25-2)16(10-13)26-3/h4-10H,11H2,1-3H3. The summed E-state index contributed by atoms with van der Waals surface area (Å²) in [4.78, 5) is 18.3. The van der Waals surface area contributed by atoms with E-state index in [1.54, 1.807) is 63.7 Å². The number of halogens is 1. The van der Waals surface area contributed by atoms with Gasteiger partial charge in [0.1, 0.15) is 0 Å². The van der Waals surface area contributed by atoms with E-state index in [0.29, 0.717) is 39.4 Å². The highest BCUT2D eigenvalue weighted by Crippen LogP contribution is 2.31. The number of aromatic nitrogens is 2. The largest absolute Gasteiger partial charge is 0.493 e. The molecule has 0 radical (unpaired) electrons. The van der Waals surface area contributed by atoms with Crippen LogP contribution in [-0.4, -0.2) is 42.2 Å². The van der Waals surface area contributed by atoms with Crippen LogP contribution in [0.1, 0.15) is 16.2 Å². The minimum atomic E-state index is -0.169. The Kier molecular flexibility index (Phi) is 5.61. The molecule has 0 unspecified atom stereocenters. The van der Waals surface area contributed by atoms with Crippen molar-refractivity contribution < 1.29 is 18.8 Å². The molecule has 0 aliphatic heterocycles. The topological polar surface area (TPSA) is 77.7 Å². The van der Waals surface area contributed by atoms with Crippen molar-refractivity contribution in [1.29, 1.82) is 0 Å². The molecule has 0 atom stereocenters. The first kappa shape index (κ1) is 18.7. The van der Waals surface area contributed by atoms with Gasteiger partial charge in [-0.05, 0) is 42.5 Å². The number of nitrogens with zero attached hydrogens (tertiary/aromatic N) is 3. The van der Waals surface area contributed by atoms with Crippen LogP contribution in [0.5, 0.6) is 11.5 Å². The molecule has 0 saturated carbocycles. The summed E-state index contributed by atoms with van der Waals surface area (Å²) < 4.78 is 15.8. The Hall–Kier alpha value is -3.06. The lowest BCUT2D eigenvalue weighted by molar-refractivity contribution is 0.0769. The van der Waals surface area contributed by atoms with Crippen molar-refractivity contribution in [2.45, 2.75) is 6.54 Å². The summed E-state index contributed by atoms with van der Waals surface area (Å²) in [6.07, 6.45) is 0. The SMILES string of the molecule is COc1ccc(-c2noc(CN(C)C(=O)c3ccc(Cl)cc3)n2)cc1OC. The maximum absolute atomic E-state index is 12.5. The van der Waals surface area contributed by atoms with E-state index >= 15 is 0 Å². The number of carbonyl (C=O) groups excluding carboxylic acids is 1. The third kappa shape index (κ3) is 4.20. The summed E-state index contributed by atoms with van der Waals surface area (Å²) in [6, 6.07) is 12.0. The second-order valence-corrected chi connectivity index (χ2v) is 6.19. The van der Waals surface area contributed by atoms with Crippen LogP contribution in [0.4, 0.5) is 0 Å². The van der Waals surface area contributed by atoms with Crippen molar-refractivity contribution in [3.8, 4) is 22.9 Å². The first-order valence-electron chi connectivity index (χ1n) is 8.08. The number of methoxy groups -OCH3 is 2. The summed E-state index contributed by atoms with van der Waals surface area (Å²) in [5.41, 5.74) is 1.25. The molecular weight excluding hydrogens is 370 g/mol. The molecule has 8 heteroatoms. The van der Waals surface area contributed by atoms with E-state index in [1.165, 1.54) is 4.90 Å². The molecule has 0 spiro atoms. The van der Waals surface area contributed by atoms with E-state index in [0.717, 1.165) is 0 Å². The normalized spacial score (nSPS) is 10.5. The Labute approximate surface area is 161 Å². The Morgan fingerprint density at radius 2 is 1.81 bits per heavy atom. The second kappa shape index (κ2) is 8.09. The highest BCUT2D eigenvalue weighted by molar-refractivity contribution is 6.30. The Morgan fingerprint density at radius 3 is 2.48 bits per heavy atom. The molecule has 0 aliphatic rings. The van der Waals surface area contributed by atoms with Gasteiger partial charge >= 0.3 is 0 Å². The van der Waals surface area contributed by atoms with Gasteiger partial charge in [-0.25, -0.2) is 0 Å². The van der Waals surface area contributed by atoms with E-state index in [9.17, 15) is 4.79 Å². The molecule has 0 fully saturated rings. The molecule has 3 aromatic rings. The summed E-state index contributed by atoms with van der Waals surface area (Å²) >= 11 is 5.85. The quantitative estimate of drug-likeness (QED) is 0.642. The van der Waals surface area contributed by atoms with Crippen molar-refractivity contribution in [3.63, 3.8) is 0 Å². The van der Waals surface area contributed by atoms with Crippen LogP contribution in [0.3, 0.4) is 0 Å². The average Bonchev–Trinajstić information content (AvgIpc) is 3.15. The zero-order valence-corrected chi connectivity index (χ0v) is 15.9. The van der Waals surface area contributed by atoms with Crippen LogP contribution in [0, 0.1) is 0 Å². The third-order valence-electron chi connectivity index (χ3n) is 3.92. The van der Waals surface area contributed by atoms with Crippen LogP contribution in [0.25, 0.3) is 11.4 Å². The van der Waals surface area contributed by atoms with Crippen LogP contribution in [0.15, 0.2) is 47.0 Å². The van der Waals surface area contributed by atoms with Gasteiger partial charge in [0.2, 0.25) is 11.7 Å². The zero-order valence-electron chi connectivity index (χ0n) is 15.1. The molecular formula is C19H18ClN3O4. The molecule has 0 aliphatic carbocycles. The fraction of sp³-hybridized carbons (Fsp3) is 0.211. The highest BCUT2D eigenvalue weighted by atomic mass is 35.5. The Bertz CT molecular complexity index is 940. The number of amides is 1. The molecule has 0 saturated heterocycles. The lowest BCUT2D eigenvalue weighted by Crippen LogP contribution is -2.26. The van der Waals surface area contributed by atoms with Gasteiger partial charge in [0, 0.05) is 23.2 Å². The molecule has 140 valence electrons. The van der Waals surface area contributed by atoms with Gasteiger partial charge in [0.15, 0.2) is 11.5 Å². The number of hydrogen-bond donors (Lipinski definition) is 0. The molecule has 7 nitrogen and oxygen atoms in total. The first-order chi connectivity index (χ1) is 13.0. The van der Waals surface area contributed by atoms with Crippen molar-refractivity contribution in [2.24, 2.45) is 0 Å². The summed E-state index contributed by atoms with van der Waals surface area (Å²) in [6.45, 7) is 0.182. The maximum Gasteiger partial charge on any atom is 0.254 e. The van der Waals surface area contributed by atoms with Gasteiger partial charge in [0.25, 0.3) is 5.91 Å². The van der Waals surface area contributed by atoms with Gasteiger partial charge in [-0.15, -0.1) is 0 Å². The van der Waals surface area contributed by atoms with Crippen molar-refractivity contribution >= 4 is 17.5 Å². The van der Waals surface area contributed by atoms with Gasteiger partial charge in [-0.2, -0.15) is 4.98 Å². The van der Waals surface area contributed by atoms with Crippen LogP contribution >= 0.6 is 11.6 Å². The van der Waals surface area contributed by atoms with Crippen molar-refractivity contribution in [2.75, 3.05) is 21.3 Å². The summed E-state index contributed by atoms with van der Waals surface area (Å²) in [5.74, 6) is 1.73. The van der Waals surface area contributed by atoms with Crippen molar-refractivity contribution in [1.82, 2.24) is 15.0 Å². The molecule has 1 aromatic heterocycles. The molecule has 1 amide bonds. The van der Waals surface area contributed by atoms with E-state index in [4.69, 9.17) is 25.6 Å². The van der Waals surface area contributed by atoms with Gasteiger partial charge in [-0.1, -0.05) is 16.8 Å². The molecule has 2 aromatic carbocycles. The molecule has 1 heterocycles. The Morgan fingerprint density at radius 1 is 1.11 bits per heavy atom. The minimum Gasteiger partial charge on any atom is -0.493 e.